The monoisotopic (exact) mass is 254 g/mol. The van der Waals surface area contributed by atoms with E-state index in [4.69, 9.17) is 0 Å². The van der Waals surface area contributed by atoms with Gasteiger partial charge in [-0.3, -0.25) is 0 Å². The largest absolute Gasteiger partial charge is 0.0604 e. The maximum Gasteiger partial charge on any atom is -0.0138 e. The molecule has 1 aromatic carbocycles. The van der Waals surface area contributed by atoms with E-state index in [2.05, 4.69) is 45.9 Å². The van der Waals surface area contributed by atoms with Crippen LogP contribution >= 0.6 is 0 Å². The number of hydrogen-bond donors (Lipinski definition) is 0. The van der Waals surface area contributed by atoms with Crippen LogP contribution in [-0.2, 0) is 6.42 Å². The minimum absolute atomic E-state index is 0.433. The zero-order valence-corrected chi connectivity index (χ0v) is 12.8. The molecule has 2 aliphatic rings. The topological polar surface area (TPSA) is 0 Å². The molecule has 0 atom stereocenters. The molecule has 0 amide bonds. The van der Waals surface area contributed by atoms with Crippen molar-refractivity contribution in [2.75, 3.05) is 0 Å². The van der Waals surface area contributed by atoms with Crippen LogP contribution in [0.2, 0.25) is 0 Å². The summed E-state index contributed by atoms with van der Waals surface area (Å²) >= 11 is 0. The van der Waals surface area contributed by atoms with Crippen molar-refractivity contribution in [2.24, 2.45) is 5.41 Å². The van der Waals surface area contributed by atoms with E-state index in [1.165, 1.54) is 37.7 Å². The number of aryl methyl sites for hydroxylation is 1. The summed E-state index contributed by atoms with van der Waals surface area (Å²) in [6.45, 7) is 9.46. The molecule has 2 aliphatic carbocycles. The van der Waals surface area contributed by atoms with Gasteiger partial charge in [-0.25, -0.2) is 0 Å². The highest BCUT2D eigenvalue weighted by atomic mass is 14.4. The average Bonchev–Trinajstić information content (AvgIpc) is 2.37. The second-order valence-corrected chi connectivity index (χ2v) is 7.27. The quantitative estimate of drug-likeness (QED) is 0.601. The maximum absolute atomic E-state index is 2.46. The normalized spacial score (nSPS) is 21.3. The van der Waals surface area contributed by atoms with Crippen molar-refractivity contribution in [2.45, 2.75) is 65.7 Å². The predicted octanol–water partition coefficient (Wildman–Crippen LogP) is 5.72. The summed E-state index contributed by atoms with van der Waals surface area (Å²) in [6.07, 6.45) is 6.56. The van der Waals surface area contributed by atoms with Crippen LogP contribution in [0.5, 0.6) is 0 Å². The van der Waals surface area contributed by atoms with Crippen molar-refractivity contribution in [3.8, 4) is 0 Å². The van der Waals surface area contributed by atoms with Gasteiger partial charge in [0.05, 0.1) is 0 Å². The summed E-state index contributed by atoms with van der Waals surface area (Å²) in [6, 6.07) is 7.22. The van der Waals surface area contributed by atoms with Gasteiger partial charge in [-0.1, -0.05) is 51.5 Å². The van der Waals surface area contributed by atoms with Gasteiger partial charge in [0.2, 0.25) is 0 Å². The van der Waals surface area contributed by atoms with Gasteiger partial charge in [-0.15, -0.1) is 0 Å². The van der Waals surface area contributed by atoms with E-state index in [9.17, 15) is 0 Å². The first-order valence-electron chi connectivity index (χ1n) is 7.85. The van der Waals surface area contributed by atoms with Crippen LogP contribution in [0.4, 0.5) is 0 Å². The molecular weight excluding hydrogens is 228 g/mol. The van der Waals surface area contributed by atoms with Gasteiger partial charge < -0.3 is 0 Å². The highest BCUT2D eigenvalue weighted by Crippen LogP contribution is 2.49. The summed E-state index contributed by atoms with van der Waals surface area (Å²) < 4.78 is 0. The van der Waals surface area contributed by atoms with E-state index in [0.717, 1.165) is 0 Å². The lowest BCUT2D eigenvalue weighted by molar-refractivity contribution is 0.366. The van der Waals surface area contributed by atoms with Crippen LogP contribution < -0.4 is 0 Å². The molecule has 0 heteroatoms. The number of fused-ring (bicyclic) bond motifs is 2. The summed E-state index contributed by atoms with van der Waals surface area (Å²) in [7, 11) is 0. The Labute approximate surface area is 117 Å². The Balaban J connectivity index is 2.09. The second-order valence-electron chi connectivity index (χ2n) is 7.27. The predicted molar refractivity (Wildman–Crippen MR) is 83.4 cm³/mol. The summed E-state index contributed by atoms with van der Waals surface area (Å²) in [5, 5.41) is 0. The Morgan fingerprint density at radius 2 is 1.84 bits per heavy atom. The van der Waals surface area contributed by atoms with Crippen LogP contribution in [-0.4, -0.2) is 0 Å². The molecule has 0 fully saturated rings. The van der Waals surface area contributed by atoms with Gasteiger partial charge in [0.25, 0.3) is 0 Å². The van der Waals surface area contributed by atoms with Gasteiger partial charge in [0, 0.05) is 0 Å². The molecule has 0 N–H and O–H groups in total. The van der Waals surface area contributed by atoms with E-state index in [1.807, 2.05) is 0 Å². The van der Waals surface area contributed by atoms with Crippen molar-refractivity contribution in [1.82, 2.24) is 0 Å². The van der Waals surface area contributed by atoms with E-state index in [1.54, 1.807) is 22.3 Å². The zero-order valence-electron chi connectivity index (χ0n) is 12.8. The fraction of sp³-hybridized carbons (Fsp3) is 0.579. The van der Waals surface area contributed by atoms with Gasteiger partial charge in [0.15, 0.2) is 0 Å². The van der Waals surface area contributed by atoms with Gasteiger partial charge in [-0.2, -0.15) is 0 Å². The molecule has 0 aromatic heterocycles. The first-order chi connectivity index (χ1) is 8.99. The Kier molecular flexibility index (Phi) is 3.08. The third-order valence-corrected chi connectivity index (χ3v) is 5.18. The molecule has 0 spiro atoms. The molecule has 0 heterocycles. The smallest absolute Gasteiger partial charge is 0.0138 e. The molecule has 0 nitrogen and oxygen atoms in total. The third kappa shape index (κ3) is 2.16. The highest BCUT2D eigenvalue weighted by Gasteiger charge is 2.32. The fourth-order valence-electron chi connectivity index (χ4n) is 3.94. The van der Waals surface area contributed by atoms with Crippen LogP contribution in [0.3, 0.4) is 0 Å². The zero-order chi connectivity index (χ0) is 13.6. The second kappa shape index (κ2) is 4.51. The van der Waals surface area contributed by atoms with Crippen LogP contribution in [0.25, 0.3) is 5.57 Å². The molecule has 1 aromatic rings. The Morgan fingerprint density at radius 3 is 2.58 bits per heavy atom. The Hall–Kier alpha value is -1.04. The molecule has 0 bridgehead atoms. The van der Waals surface area contributed by atoms with Crippen LogP contribution in [0.1, 0.15) is 76.0 Å². The molecule has 0 saturated heterocycles. The lowest BCUT2D eigenvalue weighted by Crippen LogP contribution is -2.23. The highest BCUT2D eigenvalue weighted by molar-refractivity contribution is 5.75. The van der Waals surface area contributed by atoms with E-state index in [0.29, 0.717) is 11.3 Å². The number of benzene rings is 1. The number of hydrogen-bond acceptors (Lipinski definition) is 0. The lowest BCUT2D eigenvalue weighted by atomic mass is 9.66. The lowest BCUT2D eigenvalue weighted by Gasteiger charge is -2.39. The van der Waals surface area contributed by atoms with Crippen molar-refractivity contribution >= 4 is 5.57 Å². The molecule has 3 rings (SSSR count). The third-order valence-electron chi connectivity index (χ3n) is 5.18. The summed E-state index contributed by atoms with van der Waals surface area (Å²) in [5.41, 5.74) is 8.54. The minimum atomic E-state index is 0.433. The molecule has 19 heavy (non-hydrogen) atoms. The standard InChI is InChI=1S/C19H26/c1-13(2)14-7-9-16-15(12-14)8-10-18-17(16)6-5-11-19(18,3)4/h7,9,12-13H,5-6,8,10-11H2,1-4H3. The van der Waals surface area contributed by atoms with Crippen molar-refractivity contribution in [3.63, 3.8) is 0 Å². The average molecular weight is 254 g/mol. The minimum Gasteiger partial charge on any atom is -0.0604 e. The van der Waals surface area contributed by atoms with Crippen LogP contribution in [0.15, 0.2) is 23.8 Å². The van der Waals surface area contributed by atoms with E-state index >= 15 is 0 Å². The number of rotatable bonds is 1. The van der Waals surface area contributed by atoms with Gasteiger partial charge in [-0.05, 0) is 65.7 Å². The molecular formula is C19H26. The van der Waals surface area contributed by atoms with Crippen molar-refractivity contribution in [1.29, 1.82) is 0 Å². The fourth-order valence-corrected chi connectivity index (χ4v) is 3.94. The van der Waals surface area contributed by atoms with Gasteiger partial charge >= 0.3 is 0 Å². The molecule has 0 unspecified atom stereocenters. The summed E-state index contributed by atoms with van der Waals surface area (Å²) in [5.74, 6) is 0.642. The van der Waals surface area contributed by atoms with Crippen molar-refractivity contribution < 1.29 is 0 Å². The Morgan fingerprint density at radius 1 is 1.05 bits per heavy atom. The number of allylic oxidation sites excluding steroid dienone is 2. The Bertz CT molecular complexity index is 529. The molecule has 0 radical (unpaired) electrons. The maximum atomic E-state index is 2.46. The van der Waals surface area contributed by atoms with E-state index in [-0.39, 0.29) is 0 Å². The molecule has 0 saturated carbocycles. The van der Waals surface area contributed by atoms with Crippen LogP contribution in [0, 0.1) is 5.41 Å². The first kappa shape index (κ1) is 13.0. The van der Waals surface area contributed by atoms with Gasteiger partial charge in [0.1, 0.15) is 0 Å². The SMILES string of the molecule is CC(C)c1ccc2c(c1)CCC1=C2CCCC1(C)C. The first-order valence-corrected chi connectivity index (χ1v) is 7.85. The molecule has 102 valence electrons. The molecule has 0 aliphatic heterocycles. The van der Waals surface area contributed by atoms with Crippen molar-refractivity contribution in [3.05, 3.63) is 40.5 Å². The van der Waals surface area contributed by atoms with E-state index < -0.39 is 0 Å². The summed E-state index contributed by atoms with van der Waals surface area (Å²) in [4.78, 5) is 0.